The SMILES string of the molecule is CN(Cc1ccc(C2=NCCN2)cc1)C(=O)c1ccc(S(=O)(=O)Nc2ccccc2Oc2ccc(Cl)cc2Cl)cc1OC(=O)C(F)(F)F. The van der Waals surface area contributed by atoms with Crippen molar-refractivity contribution in [2.45, 2.75) is 17.6 Å². The molecule has 4 aromatic rings. The maximum atomic E-state index is 13.5. The second kappa shape index (κ2) is 14.1. The first kappa shape index (κ1) is 34.5. The van der Waals surface area contributed by atoms with Crippen molar-refractivity contribution in [2.75, 3.05) is 24.9 Å². The minimum absolute atomic E-state index is 0.0295. The van der Waals surface area contributed by atoms with Crippen molar-refractivity contribution < 1.29 is 40.7 Å². The third-order valence-corrected chi connectivity index (χ3v) is 8.73. The molecular formula is C32H25Cl2F3N4O6S. The monoisotopic (exact) mass is 720 g/mol. The molecule has 1 heterocycles. The zero-order chi connectivity index (χ0) is 34.6. The van der Waals surface area contributed by atoms with Crippen LogP contribution in [0.4, 0.5) is 18.9 Å². The van der Waals surface area contributed by atoms with Crippen LogP contribution >= 0.6 is 23.2 Å². The van der Waals surface area contributed by atoms with Gasteiger partial charge >= 0.3 is 12.1 Å². The molecule has 250 valence electrons. The number of carbonyl (C=O) groups excluding carboxylic acids is 2. The number of esters is 1. The highest BCUT2D eigenvalue weighted by Crippen LogP contribution is 2.36. The number of hydrogen-bond acceptors (Lipinski definition) is 8. The summed E-state index contributed by atoms with van der Waals surface area (Å²) in [5, 5.41) is 3.65. The predicted octanol–water partition coefficient (Wildman–Crippen LogP) is 6.68. The molecule has 0 saturated carbocycles. The van der Waals surface area contributed by atoms with Gasteiger partial charge in [0.05, 0.1) is 27.7 Å². The van der Waals surface area contributed by atoms with E-state index < -0.39 is 44.3 Å². The number of para-hydroxylation sites is 2. The molecule has 0 unspecified atom stereocenters. The fraction of sp³-hybridized carbons (Fsp3) is 0.156. The van der Waals surface area contributed by atoms with Crippen molar-refractivity contribution in [3.63, 3.8) is 0 Å². The van der Waals surface area contributed by atoms with Gasteiger partial charge in [0.25, 0.3) is 15.9 Å². The lowest BCUT2D eigenvalue weighted by Crippen LogP contribution is -2.31. The zero-order valence-electron chi connectivity index (χ0n) is 24.8. The van der Waals surface area contributed by atoms with E-state index in [0.29, 0.717) is 23.2 Å². The average molecular weight is 722 g/mol. The second-order valence-electron chi connectivity index (χ2n) is 10.3. The van der Waals surface area contributed by atoms with E-state index in [2.05, 4.69) is 19.8 Å². The van der Waals surface area contributed by atoms with E-state index >= 15 is 0 Å². The fourth-order valence-electron chi connectivity index (χ4n) is 4.52. The van der Waals surface area contributed by atoms with Crippen LogP contribution in [0.2, 0.25) is 10.0 Å². The first-order chi connectivity index (χ1) is 22.7. The Kier molecular flexibility index (Phi) is 10.2. The number of halogens is 5. The quantitative estimate of drug-likeness (QED) is 0.138. The minimum atomic E-state index is -5.43. The summed E-state index contributed by atoms with van der Waals surface area (Å²) in [6.45, 7) is 1.42. The van der Waals surface area contributed by atoms with E-state index in [0.717, 1.165) is 30.1 Å². The van der Waals surface area contributed by atoms with Crippen molar-refractivity contribution in [2.24, 2.45) is 4.99 Å². The van der Waals surface area contributed by atoms with Gasteiger partial charge in [-0.25, -0.2) is 13.2 Å². The van der Waals surface area contributed by atoms with E-state index in [9.17, 15) is 31.2 Å². The number of carbonyl (C=O) groups is 2. The maximum Gasteiger partial charge on any atom is 0.491 e. The Labute approximate surface area is 283 Å². The average Bonchev–Trinajstić information content (AvgIpc) is 3.58. The van der Waals surface area contributed by atoms with Crippen molar-refractivity contribution in [3.8, 4) is 17.2 Å². The topological polar surface area (TPSA) is 126 Å². The number of nitrogens with one attached hydrogen (secondary N) is 2. The molecule has 1 aliphatic rings. The highest BCUT2D eigenvalue weighted by atomic mass is 35.5. The summed E-state index contributed by atoms with van der Waals surface area (Å²) >= 11 is 12.1. The van der Waals surface area contributed by atoms with Gasteiger partial charge in [-0.1, -0.05) is 59.6 Å². The van der Waals surface area contributed by atoms with Crippen LogP contribution in [0.25, 0.3) is 0 Å². The van der Waals surface area contributed by atoms with Gasteiger partial charge in [0.1, 0.15) is 17.3 Å². The number of amides is 1. The molecule has 0 aliphatic carbocycles. The van der Waals surface area contributed by atoms with Crippen LogP contribution in [0.1, 0.15) is 21.5 Å². The normalized spacial score (nSPS) is 12.9. The summed E-state index contributed by atoms with van der Waals surface area (Å²) in [5.74, 6) is -3.44. The summed E-state index contributed by atoms with van der Waals surface area (Å²) in [5.41, 5.74) is 1.00. The first-order valence-corrected chi connectivity index (χ1v) is 16.3. The van der Waals surface area contributed by atoms with Gasteiger partial charge in [-0.2, -0.15) is 13.2 Å². The van der Waals surface area contributed by atoms with Crippen molar-refractivity contribution in [1.82, 2.24) is 10.2 Å². The molecule has 5 rings (SSSR count). The molecule has 1 amide bonds. The molecular weight excluding hydrogens is 696 g/mol. The molecule has 10 nitrogen and oxygen atoms in total. The number of alkyl halides is 3. The van der Waals surface area contributed by atoms with Gasteiger partial charge in [-0.05, 0) is 48.0 Å². The molecule has 0 radical (unpaired) electrons. The Balaban J connectivity index is 1.41. The van der Waals surface area contributed by atoms with Gasteiger partial charge in [0.2, 0.25) is 0 Å². The summed E-state index contributed by atoms with van der Waals surface area (Å²) in [7, 11) is -3.16. The van der Waals surface area contributed by atoms with E-state index in [1.54, 1.807) is 30.3 Å². The van der Waals surface area contributed by atoms with Crippen molar-refractivity contribution in [1.29, 1.82) is 0 Å². The van der Waals surface area contributed by atoms with Crippen LogP contribution in [0.15, 0.2) is 94.8 Å². The molecule has 2 N–H and O–H groups in total. The van der Waals surface area contributed by atoms with Gasteiger partial charge in [-0.3, -0.25) is 14.5 Å². The van der Waals surface area contributed by atoms with Gasteiger partial charge in [0.15, 0.2) is 5.75 Å². The van der Waals surface area contributed by atoms with Gasteiger partial charge in [-0.15, -0.1) is 0 Å². The number of nitrogens with zero attached hydrogens (tertiary/aromatic N) is 2. The summed E-state index contributed by atoms with van der Waals surface area (Å²) in [6.07, 6.45) is -5.43. The van der Waals surface area contributed by atoms with Crippen LogP contribution in [0, 0.1) is 0 Å². The molecule has 0 spiro atoms. The molecule has 16 heteroatoms. The summed E-state index contributed by atoms with van der Waals surface area (Å²) < 4.78 is 79.2. The smallest absolute Gasteiger partial charge is 0.454 e. The molecule has 1 aliphatic heterocycles. The third-order valence-electron chi connectivity index (χ3n) is 6.84. The standard InChI is InChI=1S/C32H25Cl2F3N4O6S/c1-41(18-19-6-8-20(9-7-19)29-38-14-15-39-29)30(42)23-12-11-22(17-28(23)47-31(43)32(35,36)37)48(44,45)40-25-4-2-3-5-27(25)46-26-13-10-21(33)16-24(26)34/h2-13,16-17,40H,14-15,18H2,1H3,(H,38,39). The summed E-state index contributed by atoms with van der Waals surface area (Å²) in [6, 6.07) is 20.1. The third kappa shape index (κ3) is 8.19. The number of rotatable bonds is 10. The number of anilines is 1. The molecule has 0 atom stereocenters. The molecule has 48 heavy (non-hydrogen) atoms. The molecule has 0 bridgehead atoms. The Morgan fingerprint density at radius 1 is 0.958 bits per heavy atom. The highest BCUT2D eigenvalue weighted by Gasteiger charge is 2.42. The lowest BCUT2D eigenvalue weighted by atomic mass is 10.1. The molecule has 0 aromatic heterocycles. The number of aliphatic imine (C=N–C) groups is 1. The molecule has 0 saturated heterocycles. The number of ether oxygens (including phenoxy) is 2. The zero-order valence-corrected chi connectivity index (χ0v) is 27.2. The largest absolute Gasteiger partial charge is 0.491 e. The highest BCUT2D eigenvalue weighted by molar-refractivity contribution is 7.92. The lowest BCUT2D eigenvalue weighted by Gasteiger charge is -2.20. The van der Waals surface area contributed by atoms with Crippen LogP contribution < -0.4 is 19.5 Å². The fourth-order valence-corrected chi connectivity index (χ4v) is 6.05. The Morgan fingerprint density at radius 2 is 1.69 bits per heavy atom. The van der Waals surface area contributed by atoms with Crippen LogP contribution in [-0.4, -0.2) is 57.3 Å². The van der Waals surface area contributed by atoms with Crippen molar-refractivity contribution >= 4 is 56.6 Å². The van der Waals surface area contributed by atoms with Crippen LogP contribution in [0.3, 0.4) is 0 Å². The Hall–Kier alpha value is -4.79. The van der Waals surface area contributed by atoms with Gasteiger partial charge in [0, 0.05) is 36.8 Å². The predicted molar refractivity (Wildman–Crippen MR) is 174 cm³/mol. The maximum absolute atomic E-state index is 13.5. The number of hydrogen-bond donors (Lipinski definition) is 2. The van der Waals surface area contributed by atoms with Crippen LogP contribution in [0.5, 0.6) is 17.2 Å². The molecule has 0 fully saturated rings. The van der Waals surface area contributed by atoms with E-state index in [1.165, 1.54) is 48.3 Å². The lowest BCUT2D eigenvalue weighted by molar-refractivity contribution is -0.189. The van der Waals surface area contributed by atoms with E-state index in [4.69, 9.17) is 27.9 Å². The Morgan fingerprint density at radius 3 is 2.35 bits per heavy atom. The van der Waals surface area contributed by atoms with Crippen molar-refractivity contribution in [3.05, 3.63) is 112 Å². The number of benzene rings is 4. The number of sulfonamides is 1. The Bertz CT molecular complexity index is 2010. The minimum Gasteiger partial charge on any atom is -0.454 e. The molecule has 4 aromatic carbocycles. The first-order valence-electron chi connectivity index (χ1n) is 14.0. The van der Waals surface area contributed by atoms with E-state index in [1.807, 2.05) is 0 Å². The number of amidine groups is 1. The summed E-state index contributed by atoms with van der Waals surface area (Å²) in [4.78, 5) is 30.2. The van der Waals surface area contributed by atoms with E-state index in [-0.39, 0.29) is 28.8 Å². The van der Waals surface area contributed by atoms with Crippen LogP contribution in [-0.2, 0) is 21.4 Å². The van der Waals surface area contributed by atoms with Gasteiger partial charge < -0.3 is 19.7 Å². The second-order valence-corrected chi connectivity index (χ2v) is 12.9.